The van der Waals surface area contributed by atoms with Gasteiger partial charge in [-0.15, -0.1) is 0 Å². The summed E-state index contributed by atoms with van der Waals surface area (Å²) in [5.41, 5.74) is 3.66. The molecule has 0 unspecified atom stereocenters. The molecule has 1 saturated heterocycles. The van der Waals surface area contributed by atoms with Crippen LogP contribution in [0, 0.1) is 6.92 Å². The van der Waals surface area contributed by atoms with Crippen molar-refractivity contribution in [2.75, 3.05) is 44.7 Å². The predicted molar refractivity (Wildman–Crippen MR) is 116 cm³/mol. The molecule has 0 aliphatic carbocycles. The molecule has 0 spiro atoms. The molecule has 1 fully saturated rings. The van der Waals surface area contributed by atoms with Gasteiger partial charge in [-0.1, -0.05) is 42.5 Å². The highest BCUT2D eigenvalue weighted by Crippen LogP contribution is 2.14. The number of para-hydroxylation sites is 1. The van der Waals surface area contributed by atoms with Gasteiger partial charge >= 0.3 is 0 Å². The largest absolute Gasteiger partial charge is 0.379 e. The van der Waals surface area contributed by atoms with Gasteiger partial charge in [-0.3, -0.25) is 4.90 Å². The number of thiocarbonyl (C=S) groups is 1. The highest BCUT2D eigenvalue weighted by atomic mass is 32.1. The Hall–Kier alpha value is -1.95. The Morgan fingerprint density at radius 2 is 1.78 bits per heavy atom. The van der Waals surface area contributed by atoms with E-state index in [1.54, 1.807) is 0 Å². The van der Waals surface area contributed by atoms with E-state index >= 15 is 0 Å². The first-order valence-corrected chi connectivity index (χ1v) is 10.1. The zero-order valence-electron chi connectivity index (χ0n) is 16.1. The lowest BCUT2D eigenvalue weighted by atomic mass is 10.1. The van der Waals surface area contributed by atoms with Crippen molar-refractivity contribution in [2.24, 2.45) is 0 Å². The molecule has 27 heavy (non-hydrogen) atoms. The van der Waals surface area contributed by atoms with Crippen LogP contribution >= 0.6 is 12.2 Å². The van der Waals surface area contributed by atoms with E-state index in [2.05, 4.69) is 46.3 Å². The quantitative estimate of drug-likeness (QED) is 0.732. The van der Waals surface area contributed by atoms with Crippen LogP contribution in [0.2, 0.25) is 0 Å². The predicted octanol–water partition coefficient (Wildman–Crippen LogP) is 3.92. The number of aryl methyl sites for hydroxylation is 1. The van der Waals surface area contributed by atoms with Crippen molar-refractivity contribution in [1.82, 2.24) is 9.80 Å². The van der Waals surface area contributed by atoms with Gasteiger partial charge in [0, 0.05) is 38.4 Å². The third-order valence-corrected chi connectivity index (χ3v) is 5.30. The van der Waals surface area contributed by atoms with E-state index in [0.717, 1.165) is 63.2 Å². The van der Waals surface area contributed by atoms with Crippen LogP contribution < -0.4 is 5.32 Å². The Labute approximate surface area is 168 Å². The SMILES string of the molecule is Cc1ccccc1CN(CCCN1CCOCC1)C(=S)Nc1ccccc1. The lowest BCUT2D eigenvalue weighted by Crippen LogP contribution is -2.40. The molecule has 4 nitrogen and oxygen atoms in total. The van der Waals surface area contributed by atoms with Gasteiger partial charge in [0.1, 0.15) is 0 Å². The van der Waals surface area contributed by atoms with Crippen molar-refractivity contribution in [2.45, 2.75) is 19.9 Å². The highest BCUT2D eigenvalue weighted by molar-refractivity contribution is 7.80. The van der Waals surface area contributed by atoms with E-state index in [1.165, 1.54) is 11.1 Å². The second-order valence-electron chi connectivity index (χ2n) is 6.95. The summed E-state index contributed by atoms with van der Waals surface area (Å²) in [5, 5.41) is 4.18. The number of benzene rings is 2. The monoisotopic (exact) mass is 383 g/mol. The lowest BCUT2D eigenvalue weighted by molar-refractivity contribution is 0.0368. The summed E-state index contributed by atoms with van der Waals surface area (Å²) in [6, 6.07) is 18.7. The number of nitrogens with one attached hydrogen (secondary N) is 1. The molecular weight excluding hydrogens is 354 g/mol. The first kappa shape index (κ1) is 19.8. The van der Waals surface area contributed by atoms with Crippen LogP contribution in [-0.4, -0.2) is 54.3 Å². The minimum absolute atomic E-state index is 0.784. The maximum absolute atomic E-state index is 5.75. The van der Waals surface area contributed by atoms with E-state index in [1.807, 2.05) is 30.3 Å². The Bertz CT molecular complexity index is 717. The molecular formula is C22H29N3OS. The zero-order valence-corrected chi connectivity index (χ0v) is 16.9. The Kier molecular flexibility index (Phi) is 7.63. The van der Waals surface area contributed by atoms with Crippen molar-refractivity contribution in [1.29, 1.82) is 0 Å². The average molecular weight is 384 g/mol. The summed E-state index contributed by atoms with van der Waals surface area (Å²) in [4.78, 5) is 4.76. The van der Waals surface area contributed by atoms with Crippen LogP contribution in [0.5, 0.6) is 0 Å². The first-order valence-electron chi connectivity index (χ1n) is 9.68. The summed E-state index contributed by atoms with van der Waals surface area (Å²) in [5.74, 6) is 0. The Morgan fingerprint density at radius 1 is 1.07 bits per heavy atom. The van der Waals surface area contributed by atoms with Crippen LogP contribution in [0.3, 0.4) is 0 Å². The van der Waals surface area contributed by atoms with Crippen molar-refractivity contribution in [3.63, 3.8) is 0 Å². The molecule has 1 aliphatic rings. The summed E-state index contributed by atoms with van der Waals surface area (Å²) in [7, 11) is 0. The van der Waals surface area contributed by atoms with Crippen LogP contribution in [0.4, 0.5) is 5.69 Å². The van der Waals surface area contributed by atoms with Crippen LogP contribution in [0.15, 0.2) is 54.6 Å². The van der Waals surface area contributed by atoms with E-state index in [0.29, 0.717) is 0 Å². The summed E-state index contributed by atoms with van der Waals surface area (Å²) in [6.07, 6.45) is 1.09. The standard InChI is InChI=1S/C22H29N3OS/c1-19-8-5-6-9-20(19)18-25(13-7-12-24-14-16-26-17-15-24)22(27)23-21-10-3-2-4-11-21/h2-6,8-11H,7,12-18H2,1H3,(H,23,27). The van der Waals surface area contributed by atoms with Crippen molar-refractivity contribution >= 4 is 23.0 Å². The van der Waals surface area contributed by atoms with Gasteiger partial charge in [0.25, 0.3) is 0 Å². The van der Waals surface area contributed by atoms with Gasteiger partial charge in [0.15, 0.2) is 5.11 Å². The van der Waals surface area contributed by atoms with Gasteiger partial charge in [-0.2, -0.15) is 0 Å². The zero-order chi connectivity index (χ0) is 18.9. The van der Waals surface area contributed by atoms with E-state index < -0.39 is 0 Å². The number of hydrogen-bond donors (Lipinski definition) is 1. The van der Waals surface area contributed by atoms with Crippen molar-refractivity contribution in [3.8, 4) is 0 Å². The minimum atomic E-state index is 0.784. The average Bonchev–Trinajstić information content (AvgIpc) is 2.70. The normalized spacial score (nSPS) is 14.7. The Morgan fingerprint density at radius 3 is 2.52 bits per heavy atom. The molecule has 0 radical (unpaired) electrons. The third kappa shape index (κ3) is 6.31. The second-order valence-corrected chi connectivity index (χ2v) is 7.34. The van der Waals surface area contributed by atoms with Crippen LogP contribution in [-0.2, 0) is 11.3 Å². The number of nitrogens with zero attached hydrogens (tertiary/aromatic N) is 2. The molecule has 3 rings (SSSR count). The molecule has 0 atom stereocenters. The number of morpholine rings is 1. The molecule has 0 amide bonds. The second kappa shape index (κ2) is 10.4. The topological polar surface area (TPSA) is 27.7 Å². The van der Waals surface area contributed by atoms with Gasteiger partial charge in [0.2, 0.25) is 0 Å². The molecule has 2 aromatic carbocycles. The molecule has 1 heterocycles. The molecule has 2 aromatic rings. The van der Waals surface area contributed by atoms with Gasteiger partial charge in [-0.25, -0.2) is 0 Å². The molecule has 0 saturated carbocycles. The number of ether oxygens (including phenoxy) is 1. The summed E-state index contributed by atoms with van der Waals surface area (Å²) >= 11 is 5.75. The molecule has 1 aliphatic heterocycles. The highest BCUT2D eigenvalue weighted by Gasteiger charge is 2.14. The van der Waals surface area contributed by atoms with E-state index in [4.69, 9.17) is 17.0 Å². The van der Waals surface area contributed by atoms with Gasteiger partial charge in [0.05, 0.1) is 13.2 Å². The van der Waals surface area contributed by atoms with E-state index in [-0.39, 0.29) is 0 Å². The fourth-order valence-corrected chi connectivity index (χ4v) is 3.55. The van der Waals surface area contributed by atoms with Gasteiger partial charge < -0.3 is 15.0 Å². The van der Waals surface area contributed by atoms with Gasteiger partial charge in [-0.05, 0) is 48.8 Å². The van der Waals surface area contributed by atoms with Crippen molar-refractivity contribution < 1.29 is 4.74 Å². The number of anilines is 1. The smallest absolute Gasteiger partial charge is 0.173 e. The Balaban J connectivity index is 1.62. The molecule has 0 aromatic heterocycles. The molecule has 5 heteroatoms. The fraction of sp³-hybridized carbons (Fsp3) is 0.409. The molecule has 1 N–H and O–H groups in total. The maximum Gasteiger partial charge on any atom is 0.173 e. The molecule has 0 bridgehead atoms. The lowest BCUT2D eigenvalue weighted by Gasteiger charge is -2.30. The third-order valence-electron chi connectivity index (χ3n) is 4.94. The maximum atomic E-state index is 5.75. The minimum Gasteiger partial charge on any atom is -0.379 e. The molecule has 144 valence electrons. The summed E-state index contributed by atoms with van der Waals surface area (Å²) in [6.45, 7) is 8.77. The number of rotatable bonds is 7. The first-order chi connectivity index (χ1) is 13.2. The van der Waals surface area contributed by atoms with Crippen molar-refractivity contribution in [3.05, 3.63) is 65.7 Å². The van der Waals surface area contributed by atoms with Crippen LogP contribution in [0.1, 0.15) is 17.5 Å². The van der Waals surface area contributed by atoms with Crippen LogP contribution in [0.25, 0.3) is 0 Å². The number of hydrogen-bond acceptors (Lipinski definition) is 3. The summed E-state index contributed by atoms with van der Waals surface area (Å²) < 4.78 is 5.44. The fourth-order valence-electron chi connectivity index (χ4n) is 3.28. The van der Waals surface area contributed by atoms with E-state index in [9.17, 15) is 0 Å².